The van der Waals surface area contributed by atoms with Crippen LogP contribution in [0.3, 0.4) is 0 Å². The van der Waals surface area contributed by atoms with Crippen LogP contribution in [0.15, 0.2) is 17.1 Å². The molecule has 0 saturated carbocycles. The van der Waals surface area contributed by atoms with Gasteiger partial charge in [0.05, 0.1) is 13.3 Å². The van der Waals surface area contributed by atoms with Gasteiger partial charge in [-0.2, -0.15) is 5.10 Å². The molecule has 0 unspecified atom stereocenters. The smallest absolute Gasteiger partial charge is 0.339 e. The molecule has 1 aliphatic rings. The van der Waals surface area contributed by atoms with E-state index in [0.29, 0.717) is 29.8 Å². The quantitative estimate of drug-likeness (QED) is 0.659. The molecule has 0 atom stereocenters. The van der Waals surface area contributed by atoms with Crippen LogP contribution in [0.25, 0.3) is 10.8 Å². The van der Waals surface area contributed by atoms with Gasteiger partial charge in [-0.3, -0.25) is 14.3 Å². The normalized spacial score (nSPS) is 17.1. The van der Waals surface area contributed by atoms with Crippen LogP contribution in [0, 0.1) is 5.92 Å². The second-order valence-electron chi connectivity index (χ2n) is 6.36. The minimum Gasteiger partial charge on any atom is -0.480 e. The fourth-order valence-corrected chi connectivity index (χ4v) is 4.08. The minimum absolute atomic E-state index is 0.184. The summed E-state index contributed by atoms with van der Waals surface area (Å²) in [5, 5.41) is 7.27. The molecule has 25 heavy (non-hydrogen) atoms. The van der Waals surface area contributed by atoms with Crippen molar-refractivity contribution in [2.75, 3.05) is 26.5 Å². The van der Waals surface area contributed by atoms with Crippen LogP contribution in [0.4, 0.5) is 0 Å². The van der Waals surface area contributed by atoms with Gasteiger partial charge in [-0.1, -0.05) is 0 Å². The van der Waals surface area contributed by atoms with E-state index in [-0.39, 0.29) is 17.7 Å². The zero-order valence-corrected chi connectivity index (χ0v) is 14.8. The average molecular weight is 368 g/mol. The molecule has 3 N–H and O–H groups in total. The fourth-order valence-electron chi connectivity index (χ4n) is 3.28. The lowest BCUT2D eigenvalue weighted by Gasteiger charge is -2.31. The Morgan fingerprint density at radius 3 is 2.76 bits per heavy atom. The van der Waals surface area contributed by atoms with Gasteiger partial charge < -0.3 is 14.5 Å². The summed E-state index contributed by atoms with van der Waals surface area (Å²) in [7, 11) is -2.53. The van der Waals surface area contributed by atoms with Gasteiger partial charge >= 0.3 is 7.60 Å². The number of H-pyrrole nitrogens is 1. The summed E-state index contributed by atoms with van der Waals surface area (Å²) in [5.74, 6) is 0.660. The molecule has 0 aromatic carbocycles. The highest BCUT2D eigenvalue weighted by Crippen LogP contribution is 2.36. The summed E-state index contributed by atoms with van der Waals surface area (Å²) in [4.78, 5) is 36.3. The molecular formula is C15H21N4O5P. The molecular weight excluding hydrogens is 347 g/mol. The van der Waals surface area contributed by atoms with Crippen molar-refractivity contribution in [3.05, 3.63) is 28.3 Å². The molecule has 136 valence electrons. The monoisotopic (exact) mass is 368 g/mol. The molecule has 10 heteroatoms. The summed E-state index contributed by atoms with van der Waals surface area (Å²) in [6.45, 7) is 1.31. The number of methoxy groups -OCH3 is 1. The van der Waals surface area contributed by atoms with Crippen molar-refractivity contribution in [2.24, 2.45) is 5.92 Å². The van der Waals surface area contributed by atoms with Crippen LogP contribution in [0.1, 0.15) is 18.5 Å². The number of aromatic amines is 1. The first-order chi connectivity index (χ1) is 11.9. The van der Waals surface area contributed by atoms with Crippen LogP contribution in [0.5, 0.6) is 5.88 Å². The number of nitrogens with one attached hydrogen (secondary N) is 1. The van der Waals surface area contributed by atoms with Gasteiger partial charge in [-0.15, -0.1) is 0 Å². The molecule has 0 radical (unpaired) electrons. The fraction of sp³-hybridized carbons (Fsp3) is 0.533. The molecule has 2 aromatic rings. The highest BCUT2D eigenvalue weighted by atomic mass is 31.2. The first kappa shape index (κ1) is 18.0. The first-order valence-electron chi connectivity index (χ1n) is 8.04. The van der Waals surface area contributed by atoms with Gasteiger partial charge in [0.25, 0.3) is 5.56 Å². The number of hydrogen-bond donors (Lipinski definition) is 3. The van der Waals surface area contributed by atoms with E-state index in [9.17, 15) is 9.36 Å². The zero-order valence-electron chi connectivity index (χ0n) is 13.9. The van der Waals surface area contributed by atoms with Gasteiger partial charge in [-0.25, -0.2) is 10.1 Å². The van der Waals surface area contributed by atoms with Gasteiger partial charge in [0, 0.05) is 11.1 Å². The maximum atomic E-state index is 11.9. The Balaban J connectivity index is 1.72. The second kappa shape index (κ2) is 7.21. The van der Waals surface area contributed by atoms with Crippen LogP contribution in [-0.2, 0) is 11.0 Å². The van der Waals surface area contributed by atoms with Gasteiger partial charge in [0.15, 0.2) is 0 Å². The summed E-state index contributed by atoms with van der Waals surface area (Å²) >= 11 is 0. The van der Waals surface area contributed by atoms with Gasteiger partial charge in [-0.05, 0) is 44.3 Å². The Morgan fingerprint density at radius 2 is 2.12 bits per heavy atom. The number of fused-ring (bicyclic) bond motifs is 1. The van der Waals surface area contributed by atoms with Crippen molar-refractivity contribution in [1.82, 2.24) is 20.1 Å². The molecule has 0 bridgehead atoms. The van der Waals surface area contributed by atoms with Crippen molar-refractivity contribution in [2.45, 2.75) is 19.3 Å². The number of piperidine rings is 1. The van der Waals surface area contributed by atoms with E-state index in [4.69, 9.17) is 14.5 Å². The zero-order chi connectivity index (χ0) is 18.0. The molecule has 1 saturated heterocycles. The van der Waals surface area contributed by atoms with Crippen LogP contribution >= 0.6 is 7.60 Å². The number of rotatable bonds is 5. The molecule has 0 aliphatic carbocycles. The Hall–Kier alpha value is -1.80. The third-order valence-corrected chi connectivity index (χ3v) is 5.22. The maximum absolute atomic E-state index is 11.9. The molecule has 2 aromatic heterocycles. The number of aromatic nitrogens is 3. The van der Waals surface area contributed by atoms with Crippen LogP contribution in [-0.4, -0.2) is 56.4 Å². The summed E-state index contributed by atoms with van der Waals surface area (Å²) in [5.41, 5.74) is 0.490. The van der Waals surface area contributed by atoms with Gasteiger partial charge in [0.1, 0.15) is 11.7 Å². The molecule has 1 aliphatic heterocycles. The summed E-state index contributed by atoms with van der Waals surface area (Å²) in [6.07, 6.45) is 3.80. The molecule has 1 fully saturated rings. The maximum Gasteiger partial charge on any atom is 0.339 e. The predicted molar refractivity (Wildman–Crippen MR) is 91.6 cm³/mol. The highest BCUT2D eigenvalue weighted by molar-refractivity contribution is 7.51. The Morgan fingerprint density at radius 1 is 1.40 bits per heavy atom. The second-order valence-corrected chi connectivity index (χ2v) is 7.97. The topological polar surface area (TPSA) is 129 Å². The third-order valence-electron chi connectivity index (χ3n) is 4.45. The average Bonchev–Trinajstić information content (AvgIpc) is 2.55. The van der Waals surface area contributed by atoms with E-state index < -0.39 is 7.60 Å². The third kappa shape index (κ3) is 4.43. The standard InChI is InChI=1S/C15H21N4O5P/c1-24-15-13-11(8-16-18-14(13)20)7-12(17-15)6-10-2-4-19(5-3-10)9-25(21,22)23/h7-8,10H,2-6,9H2,1H3,(H,18,20)(H2,21,22,23). The van der Waals surface area contributed by atoms with Crippen LogP contribution < -0.4 is 10.3 Å². The first-order valence-corrected chi connectivity index (χ1v) is 9.83. The lowest BCUT2D eigenvalue weighted by Crippen LogP contribution is -2.35. The largest absolute Gasteiger partial charge is 0.480 e. The minimum atomic E-state index is -4.01. The number of hydrogen-bond acceptors (Lipinski definition) is 6. The number of nitrogens with zero attached hydrogens (tertiary/aromatic N) is 3. The highest BCUT2D eigenvalue weighted by Gasteiger charge is 2.25. The lowest BCUT2D eigenvalue weighted by molar-refractivity contribution is 0.194. The van der Waals surface area contributed by atoms with Crippen molar-refractivity contribution in [3.8, 4) is 5.88 Å². The van der Waals surface area contributed by atoms with E-state index in [2.05, 4.69) is 15.2 Å². The van der Waals surface area contributed by atoms with Crippen molar-refractivity contribution >= 4 is 18.4 Å². The van der Waals surface area contributed by atoms with Crippen molar-refractivity contribution < 1.29 is 19.1 Å². The summed E-state index contributed by atoms with van der Waals surface area (Å²) < 4.78 is 16.3. The van der Waals surface area contributed by atoms with E-state index in [1.165, 1.54) is 7.11 Å². The van der Waals surface area contributed by atoms with E-state index in [1.807, 2.05) is 6.07 Å². The number of pyridine rings is 1. The predicted octanol–water partition coefficient (Wildman–Crippen LogP) is 0.716. The van der Waals surface area contributed by atoms with Crippen LogP contribution in [0.2, 0.25) is 0 Å². The molecule has 0 spiro atoms. The molecule has 3 heterocycles. The van der Waals surface area contributed by atoms with Gasteiger partial charge in [0.2, 0.25) is 5.88 Å². The van der Waals surface area contributed by atoms with Crippen molar-refractivity contribution in [3.63, 3.8) is 0 Å². The molecule has 3 rings (SSSR count). The van der Waals surface area contributed by atoms with E-state index >= 15 is 0 Å². The summed E-state index contributed by atoms with van der Waals surface area (Å²) in [6, 6.07) is 1.85. The number of likely N-dealkylation sites (tertiary alicyclic amines) is 1. The number of ether oxygens (including phenoxy) is 1. The van der Waals surface area contributed by atoms with E-state index in [0.717, 1.165) is 25.0 Å². The molecule has 0 amide bonds. The lowest BCUT2D eigenvalue weighted by atomic mass is 9.92. The Kier molecular flexibility index (Phi) is 5.19. The van der Waals surface area contributed by atoms with Crippen molar-refractivity contribution in [1.29, 1.82) is 0 Å². The SMILES string of the molecule is COc1nc(CC2CCN(CP(=O)(O)O)CC2)cc2cn[nH]c(=O)c12. The Bertz CT molecular complexity index is 857. The molecule has 9 nitrogen and oxygen atoms in total. The van der Waals surface area contributed by atoms with E-state index in [1.54, 1.807) is 11.1 Å². The Labute approximate surface area is 144 Å².